The molecule has 0 saturated heterocycles. The van der Waals surface area contributed by atoms with E-state index in [1.807, 2.05) is 6.07 Å². The smallest absolute Gasteiger partial charge is 0.303 e. The van der Waals surface area contributed by atoms with E-state index in [4.69, 9.17) is 5.11 Å². The molecule has 0 radical (unpaired) electrons. The molecule has 0 aliphatic heterocycles. The van der Waals surface area contributed by atoms with Crippen molar-refractivity contribution in [3.05, 3.63) is 42.7 Å². The van der Waals surface area contributed by atoms with Crippen molar-refractivity contribution in [1.82, 2.24) is 30.4 Å². The van der Waals surface area contributed by atoms with Gasteiger partial charge in [0, 0.05) is 12.6 Å². The summed E-state index contributed by atoms with van der Waals surface area (Å²) in [5, 5.41) is 37.4. The highest BCUT2D eigenvalue weighted by atomic mass is 16.4. The Morgan fingerprint density at radius 1 is 1.00 bits per heavy atom. The van der Waals surface area contributed by atoms with E-state index in [-0.39, 0.29) is 12.2 Å². The van der Waals surface area contributed by atoms with Crippen LogP contribution in [0.5, 0.6) is 0 Å². The molecule has 0 saturated carbocycles. The van der Waals surface area contributed by atoms with E-state index in [1.165, 1.54) is 6.20 Å². The molecule has 10 heteroatoms. The number of aliphatic hydroxyl groups excluding tert-OH is 1. The van der Waals surface area contributed by atoms with Crippen molar-refractivity contribution in [1.29, 1.82) is 0 Å². The third-order valence-electron chi connectivity index (χ3n) is 3.57. The van der Waals surface area contributed by atoms with E-state index in [0.717, 1.165) is 0 Å². The summed E-state index contributed by atoms with van der Waals surface area (Å²) in [5.41, 5.74) is 1.65. The lowest BCUT2D eigenvalue weighted by atomic mass is 10.2. The summed E-state index contributed by atoms with van der Waals surface area (Å²) in [6.07, 6.45) is 3.01. The number of hydrogen-bond acceptors (Lipinski definition) is 9. The van der Waals surface area contributed by atoms with Crippen molar-refractivity contribution in [2.24, 2.45) is 0 Å². The molecule has 0 spiro atoms. The number of carbonyl (C=O) groups is 1. The minimum atomic E-state index is -0.885. The molecule has 10 nitrogen and oxygen atoms in total. The number of anilines is 1. The standard InChI is InChI=1S/C17H17N7O3/c25-14(5-3-6-15(26)27)20-11-7-8-13(19-10-11)17-23-21-16(22-24-17)12-4-1-2-9-18-12/h1-2,4,7-10,14,20,25H,3,5-6H2,(H,26,27). The van der Waals surface area contributed by atoms with Gasteiger partial charge in [-0.1, -0.05) is 6.07 Å². The average Bonchev–Trinajstić information content (AvgIpc) is 2.69. The maximum atomic E-state index is 10.5. The fraction of sp³-hybridized carbons (Fsp3) is 0.235. The third kappa shape index (κ3) is 5.22. The third-order valence-corrected chi connectivity index (χ3v) is 3.57. The maximum Gasteiger partial charge on any atom is 0.303 e. The number of rotatable bonds is 8. The summed E-state index contributed by atoms with van der Waals surface area (Å²) >= 11 is 0. The van der Waals surface area contributed by atoms with Crippen LogP contribution >= 0.6 is 0 Å². The second kappa shape index (κ2) is 8.72. The van der Waals surface area contributed by atoms with E-state index >= 15 is 0 Å². The maximum absolute atomic E-state index is 10.5. The molecule has 0 bridgehead atoms. The zero-order chi connectivity index (χ0) is 19.1. The van der Waals surface area contributed by atoms with Crippen LogP contribution in [-0.2, 0) is 4.79 Å². The number of aliphatic carboxylic acids is 1. The summed E-state index contributed by atoms with van der Waals surface area (Å²) in [6, 6.07) is 8.76. The van der Waals surface area contributed by atoms with Crippen LogP contribution in [0.15, 0.2) is 42.7 Å². The molecule has 0 amide bonds. The molecular weight excluding hydrogens is 350 g/mol. The van der Waals surface area contributed by atoms with Crippen LogP contribution < -0.4 is 5.32 Å². The van der Waals surface area contributed by atoms with Gasteiger partial charge in [0.05, 0.1) is 11.9 Å². The Labute approximate surface area is 154 Å². The minimum absolute atomic E-state index is 0.0156. The van der Waals surface area contributed by atoms with Gasteiger partial charge in [0.1, 0.15) is 17.6 Å². The fourth-order valence-corrected chi connectivity index (χ4v) is 2.25. The highest BCUT2D eigenvalue weighted by Gasteiger charge is 2.10. The second-order valence-electron chi connectivity index (χ2n) is 5.64. The molecule has 3 heterocycles. The molecule has 3 aromatic heterocycles. The zero-order valence-electron chi connectivity index (χ0n) is 14.2. The lowest BCUT2D eigenvalue weighted by molar-refractivity contribution is -0.137. The Kier molecular flexibility index (Phi) is 5.90. The lowest BCUT2D eigenvalue weighted by Gasteiger charge is -2.13. The van der Waals surface area contributed by atoms with Gasteiger partial charge in [0.2, 0.25) is 11.6 Å². The van der Waals surface area contributed by atoms with Gasteiger partial charge in [-0.2, -0.15) is 0 Å². The van der Waals surface area contributed by atoms with E-state index in [0.29, 0.717) is 35.7 Å². The highest BCUT2D eigenvalue weighted by Crippen LogP contribution is 2.16. The molecular formula is C17H17N7O3. The van der Waals surface area contributed by atoms with Gasteiger partial charge in [-0.25, -0.2) is 0 Å². The van der Waals surface area contributed by atoms with Crippen molar-refractivity contribution >= 4 is 11.7 Å². The Morgan fingerprint density at radius 2 is 1.70 bits per heavy atom. The Bertz CT molecular complexity index is 873. The first-order valence-electron chi connectivity index (χ1n) is 8.23. The second-order valence-corrected chi connectivity index (χ2v) is 5.64. The van der Waals surface area contributed by atoms with Gasteiger partial charge < -0.3 is 15.5 Å². The van der Waals surface area contributed by atoms with Crippen molar-refractivity contribution in [2.75, 3.05) is 5.32 Å². The number of pyridine rings is 2. The number of aliphatic hydroxyl groups is 1. The van der Waals surface area contributed by atoms with Gasteiger partial charge >= 0.3 is 5.97 Å². The van der Waals surface area contributed by atoms with Crippen LogP contribution in [0.1, 0.15) is 19.3 Å². The molecule has 0 aliphatic carbocycles. The Morgan fingerprint density at radius 3 is 2.26 bits per heavy atom. The molecule has 0 aromatic carbocycles. The molecule has 3 N–H and O–H groups in total. The number of nitrogens with zero attached hydrogens (tertiary/aromatic N) is 6. The lowest BCUT2D eigenvalue weighted by Crippen LogP contribution is -2.18. The average molecular weight is 367 g/mol. The topological polar surface area (TPSA) is 147 Å². The van der Waals surface area contributed by atoms with Crippen LogP contribution in [0.3, 0.4) is 0 Å². The van der Waals surface area contributed by atoms with Crippen LogP contribution in [0.25, 0.3) is 23.0 Å². The summed E-state index contributed by atoms with van der Waals surface area (Å²) in [7, 11) is 0. The van der Waals surface area contributed by atoms with E-state index < -0.39 is 12.2 Å². The fourth-order valence-electron chi connectivity index (χ4n) is 2.25. The summed E-state index contributed by atoms with van der Waals surface area (Å²) in [4.78, 5) is 18.8. The van der Waals surface area contributed by atoms with Gasteiger partial charge in [0.15, 0.2) is 0 Å². The number of hydrogen-bond donors (Lipinski definition) is 3. The monoisotopic (exact) mass is 367 g/mol. The van der Waals surface area contributed by atoms with Crippen molar-refractivity contribution in [3.8, 4) is 23.0 Å². The SMILES string of the molecule is O=C(O)CCCC(O)Nc1ccc(-c2nnc(-c3ccccn3)nn2)nc1. The molecule has 3 rings (SSSR count). The van der Waals surface area contributed by atoms with Crippen LogP contribution in [0.4, 0.5) is 5.69 Å². The quantitative estimate of drug-likeness (QED) is 0.499. The number of nitrogens with one attached hydrogen (secondary N) is 1. The van der Waals surface area contributed by atoms with Crippen LogP contribution in [0, 0.1) is 0 Å². The van der Waals surface area contributed by atoms with Gasteiger partial charge in [-0.05, 0) is 37.1 Å². The van der Waals surface area contributed by atoms with Crippen molar-refractivity contribution < 1.29 is 15.0 Å². The molecule has 0 fully saturated rings. The van der Waals surface area contributed by atoms with E-state index in [2.05, 4.69) is 35.7 Å². The summed E-state index contributed by atoms with van der Waals surface area (Å²) in [5.74, 6) is -0.296. The normalized spacial score (nSPS) is 11.7. The molecule has 3 aromatic rings. The molecule has 0 aliphatic rings. The predicted octanol–water partition coefficient (Wildman–Crippen LogP) is 1.38. The van der Waals surface area contributed by atoms with E-state index in [9.17, 15) is 9.90 Å². The van der Waals surface area contributed by atoms with Gasteiger partial charge in [0.25, 0.3) is 0 Å². The summed E-state index contributed by atoms with van der Waals surface area (Å²) in [6.45, 7) is 0. The largest absolute Gasteiger partial charge is 0.481 e. The van der Waals surface area contributed by atoms with Crippen molar-refractivity contribution in [3.63, 3.8) is 0 Å². The molecule has 1 atom stereocenters. The van der Waals surface area contributed by atoms with Crippen LogP contribution in [-0.4, -0.2) is 52.8 Å². The first-order valence-corrected chi connectivity index (χ1v) is 8.23. The number of carboxylic acids is 1. The van der Waals surface area contributed by atoms with Crippen molar-refractivity contribution in [2.45, 2.75) is 25.5 Å². The highest BCUT2D eigenvalue weighted by molar-refractivity contribution is 5.66. The van der Waals surface area contributed by atoms with E-state index in [1.54, 1.807) is 30.5 Å². The van der Waals surface area contributed by atoms with Gasteiger partial charge in [-0.15, -0.1) is 20.4 Å². The first-order chi connectivity index (χ1) is 13.1. The summed E-state index contributed by atoms with van der Waals surface area (Å²) < 4.78 is 0. The minimum Gasteiger partial charge on any atom is -0.481 e. The molecule has 27 heavy (non-hydrogen) atoms. The molecule has 1 unspecified atom stereocenters. The predicted molar refractivity (Wildman–Crippen MR) is 95.2 cm³/mol. The Hall–Kier alpha value is -3.53. The number of carboxylic acid groups (broad SMARTS) is 1. The zero-order valence-corrected chi connectivity index (χ0v) is 14.2. The Balaban J connectivity index is 1.61. The van der Waals surface area contributed by atoms with Gasteiger partial charge in [-0.3, -0.25) is 14.8 Å². The van der Waals surface area contributed by atoms with Crippen LogP contribution in [0.2, 0.25) is 0 Å². The number of aromatic nitrogens is 6. The molecule has 138 valence electrons. The first kappa shape index (κ1) is 18.3.